The summed E-state index contributed by atoms with van der Waals surface area (Å²) in [6.07, 6.45) is 6.23. The van der Waals surface area contributed by atoms with Crippen molar-refractivity contribution in [1.29, 1.82) is 0 Å². The van der Waals surface area contributed by atoms with Crippen molar-refractivity contribution >= 4 is 0 Å². The number of aromatic nitrogens is 4. The molecule has 130 valence electrons. The van der Waals surface area contributed by atoms with Gasteiger partial charge in [0.15, 0.2) is 0 Å². The van der Waals surface area contributed by atoms with Gasteiger partial charge in [-0.3, -0.25) is 4.68 Å². The molecular weight excluding hydrogens is 314 g/mol. The van der Waals surface area contributed by atoms with Crippen molar-refractivity contribution < 1.29 is 4.42 Å². The van der Waals surface area contributed by atoms with Gasteiger partial charge in [-0.2, -0.15) is 0 Å². The Morgan fingerprint density at radius 1 is 1.16 bits per heavy atom. The fourth-order valence-corrected chi connectivity index (χ4v) is 3.36. The predicted octanol–water partition coefficient (Wildman–Crippen LogP) is 3.33. The summed E-state index contributed by atoms with van der Waals surface area (Å²) in [4.78, 5) is 7.04. The van der Waals surface area contributed by atoms with Gasteiger partial charge in [0.2, 0.25) is 5.89 Å². The van der Waals surface area contributed by atoms with E-state index < -0.39 is 0 Å². The van der Waals surface area contributed by atoms with Crippen molar-refractivity contribution in [3.8, 4) is 22.8 Å². The van der Waals surface area contributed by atoms with Crippen molar-refractivity contribution in [1.82, 2.24) is 24.9 Å². The first kappa shape index (κ1) is 16.0. The highest BCUT2D eigenvalue weighted by Crippen LogP contribution is 2.23. The van der Waals surface area contributed by atoms with E-state index in [1.54, 1.807) is 6.26 Å². The molecule has 1 aromatic carbocycles. The molecule has 2 aromatic heterocycles. The van der Waals surface area contributed by atoms with E-state index in [1.165, 1.54) is 25.9 Å². The summed E-state index contributed by atoms with van der Waals surface area (Å²) in [6.45, 7) is 6.57. The number of hydrogen-bond donors (Lipinski definition) is 0. The van der Waals surface area contributed by atoms with Crippen LogP contribution in [0.15, 0.2) is 47.2 Å². The molecule has 0 N–H and O–H groups in total. The van der Waals surface area contributed by atoms with Gasteiger partial charge < -0.3 is 9.32 Å². The number of nitrogens with zero attached hydrogens (tertiary/aromatic N) is 5. The number of rotatable bonds is 5. The number of hydrogen-bond acceptors (Lipinski definition) is 5. The predicted molar refractivity (Wildman–Crippen MR) is 95.8 cm³/mol. The van der Waals surface area contributed by atoms with Gasteiger partial charge >= 0.3 is 0 Å². The van der Waals surface area contributed by atoms with Crippen molar-refractivity contribution in [3.63, 3.8) is 0 Å². The largest absolute Gasteiger partial charge is 0.444 e. The maximum atomic E-state index is 5.58. The average Bonchev–Trinajstić information content (AvgIpc) is 3.30. The lowest BCUT2D eigenvalue weighted by Crippen LogP contribution is -2.36. The van der Waals surface area contributed by atoms with Crippen molar-refractivity contribution in [3.05, 3.63) is 42.8 Å². The van der Waals surface area contributed by atoms with Crippen LogP contribution >= 0.6 is 0 Å². The van der Waals surface area contributed by atoms with E-state index in [0.29, 0.717) is 5.89 Å². The molecule has 0 saturated carbocycles. The highest BCUT2D eigenvalue weighted by atomic mass is 16.3. The monoisotopic (exact) mass is 337 g/mol. The van der Waals surface area contributed by atoms with Crippen LogP contribution in [0.3, 0.4) is 0 Å². The zero-order chi connectivity index (χ0) is 17.1. The molecule has 25 heavy (non-hydrogen) atoms. The molecule has 6 nitrogen and oxygen atoms in total. The van der Waals surface area contributed by atoms with E-state index in [9.17, 15) is 0 Å². The summed E-state index contributed by atoms with van der Waals surface area (Å²) in [6, 6.07) is 9.87. The zero-order valence-electron chi connectivity index (χ0n) is 14.5. The van der Waals surface area contributed by atoms with Crippen LogP contribution in [0.5, 0.6) is 0 Å². The summed E-state index contributed by atoms with van der Waals surface area (Å²) in [5.74, 6) is 1.40. The molecule has 4 rings (SSSR count). The topological polar surface area (TPSA) is 60.0 Å². The van der Waals surface area contributed by atoms with Crippen LogP contribution in [0, 0.1) is 5.92 Å². The van der Waals surface area contributed by atoms with Crippen LogP contribution in [-0.2, 0) is 6.54 Å². The number of oxazole rings is 1. The summed E-state index contributed by atoms with van der Waals surface area (Å²) >= 11 is 0. The Balaban J connectivity index is 1.40. The molecule has 0 spiro atoms. The maximum Gasteiger partial charge on any atom is 0.226 e. The SMILES string of the molecule is CC1CCCN(CCn2cc(-c3coc(-c4ccccc4)n3)nn2)C1. The Labute approximate surface area is 147 Å². The molecule has 1 aliphatic rings. The van der Waals surface area contributed by atoms with Crippen molar-refractivity contribution in [2.24, 2.45) is 5.92 Å². The quantitative estimate of drug-likeness (QED) is 0.715. The molecule has 1 unspecified atom stereocenters. The molecule has 0 amide bonds. The molecule has 1 atom stereocenters. The number of benzene rings is 1. The van der Waals surface area contributed by atoms with Crippen LogP contribution in [0.4, 0.5) is 0 Å². The lowest BCUT2D eigenvalue weighted by Gasteiger charge is -2.30. The first-order valence-electron chi connectivity index (χ1n) is 8.92. The van der Waals surface area contributed by atoms with Gasteiger partial charge in [-0.15, -0.1) is 5.10 Å². The summed E-state index contributed by atoms with van der Waals surface area (Å²) in [5, 5.41) is 8.48. The van der Waals surface area contributed by atoms with Gasteiger partial charge in [-0.05, 0) is 37.4 Å². The van der Waals surface area contributed by atoms with Gasteiger partial charge in [-0.25, -0.2) is 4.98 Å². The Bertz CT molecular complexity index is 810. The molecule has 3 aromatic rings. The fourth-order valence-electron chi connectivity index (χ4n) is 3.36. The van der Waals surface area contributed by atoms with Crippen LogP contribution < -0.4 is 0 Å². The summed E-state index contributed by atoms with van der Waals surface area (Å²) in [7, 11) is 0. The van der Waals surface area contributed by atoms with Crippen LogP contribution in [0.25, 0.3) is 22.8 Å². The lowest BCUT2D eigenvalue weighted by molar-refractivity contribution is 0.176. The molecule has 0 radical (unpaired) electrons. The first-order valence-corrected chi connectivity index (χ1v) is 8.92. The second-order valence-corrected chi connectivity index (χ2v) is 6.82. The molecule has 1 saturated heterocycles. The Hall–Kier alpha value is -2.47. The molecule has 0 aliphatic carbocycles. The smallest absolute Gasteiger partial charge is 0.226 e. The van der Waals surface area contributed by atoms with Crippen molar-refractivity contribution in [2.45, 2.75) is 26.3 Å². The molecule has 0 bridgehead atoms. The van der Waals surface area contributed by atoms with E-state index in [1.807, 2.05) is 41.2 Å². The first-order chi connectivity index (χ1) is 12.3. The summed E-state index contributed by atoms with van der Waals surface area (Å²) < 4.78 is 7.48. The third kappa shape index (κ3) is 3.79. The third-order valence-electron chi connectivity index (χ3n) is 4.71. The van der Waals surface area contributed by atoms with Gasteiger partial charge in [0, 0.05) is 18.7 Å². The van der Waals surface area contributed by atoms with E-state index in [-0.39, 0.29) is 0 Å². The molecular formula is C19H23N5O. The third-order valence-corrected chi connectivity index (χ3v) is 4.71. The standard InChI is InChI=1S/C19H23N5O/c1-15-6-5-9-23(12-15)10-11-24-13-17(21-22-24)18-14-25-19(20-18)16-7-3-2-4-8-16/h2-4,7-8,13-15H,5-6,9-12H2,1H3. The van der Waals surface area contributed by atoms with Crippen LogP contribution in [-0.4, -0.2) is 44.5 Å². The molecule has 1 aliphatic heterocycles. The lowest BCUT2D eigenvalue weighted by atomic mass is 10.0. The van der Waals surface area contributed by atoms with Crippen LogP contribution in [0.2, 0.25) is 0 Å². The number of likely N-dealkylation sites (tertiary alicyclic amines) is 1. The van der Waals surface area contributed by atoms with Gasteiger partial charge in [-0.1, -0.05) is 30.3 Å². The van der Waals surface area contributed by atoms with E-state index in [2.05, 4.69) is 27.1 Å². The van der Waals surface area contributed by atoms with E-state index in [0.717, 1.165) is 36.0 Å². The molecule has 1 fully saturated rings. The second kappa shape index (κ2) is 7.19. The maximum absolute atomic E-state index is 5.58. The molecule has 6 heteroatoms. The normalized spacial score (nSPS) is 18.5. The van der Waals surface area contributed by atoms with Crippen LogP contribution in [0.1, 0.15) is 19.8 Å². The van der Waals surface area contributed by atoms with Gasteiger partial charge in [0.05, 0.1) is 12.7 Å². The van der Waals surface area contributed by atoms with E-state index >= 15 is 0 Å². The number of piperidine rings is 1. The fraction of sp³-hybridized carbons (Fsp3) is 0.421. The minimum absolute atomic E-state index is 0.604. The molecule has 3 heterocycles. The van der Waals surface area contributed by atoms with E-state index in [4.69, 9.17) is 4.42 Å². The second-order valence-electron chi connectivity index (χ2n) is 6.82. The zero-order valence-corrected chi connectivity index (χ0v) is 14.5. The Morgan fingerprint density at radius 3 is 2.88 bits per heavy atom. The van der Waals surface area contributed by atoms with Gasteiger partial charge in [0.25, 0.3) is 0 Å². The van der Waals surface area contributed by atoms with Crippen molar-refractivity contribution in [2.75, 3.05) is 19.6 Å². The van der Waals surface area contributed by atoms with Gasteiger partial charge in [0.1, 0.15) is 17.7 Å². The summed E-state index contributed by atoms with van der Waals surface area (Å²) in [5.41, 5.74) is 2.43. The highest BCUT2D eigenvalue weighted by Gasteiger charge is 2.16. The Morgan fingerprint density at radius 2 is 2.04 bits per heavy atom. The minimum atomic E-state index is 0.604. The highest BCUT2D eigenvalue weighted by molar-refractivity contribution is 5.59. The average molecular weight is 337 g/mol. The minimum Gasteiger partial charge on any atom is -0.444 e. The Kier molecular flexibility index (Phi) is 4.61.